The predicted octanol–water partition coefficient (Wildman–Crippen LogP) is 1.42. The van der Waals surface area contributed by atoms with Crippen molar-refractivity contribution in [2.75, 3.05) is 39.0 Å². The van der Waals surface area contributed by atoms with Crippen LogP contribution in [-0.2, 0) is 10.0 Å². The molecule has 1 aromatic carbocycles. The highest BCUT2D eigenvalue weighted by molar-refractivity contribution is 9.10. The van der Waals surface area contributed by atoms with Crippen LogP contribution in [0.5, 0.6) is 0 Å². The van der Waals surface area contributed by atoms with Crippen molar-refractivity contribution in [3.05, 3.63) is 34.3 Å². The monoisotopic (exact) mass is 375 g/mol. The van der Waals surface area contributed by atoms with E-state index in [9.17, 15) is 8.42 Å². The number of nitrogens with zero attached hydrogens (tertiary/aromatic N) is 2. The van der Waals surface area contributed by atoms with Crippen molar-refractivity contribution in [2.45, 2.75) is 12.5 Å². The first-order valence-corrected chi connectivity index (χ1v) is 9.69. The minimum absolute atomic E-state index is 0.00966. The molecule has 2 N–H and O–H groups in total. The molecule has 1 aliphatic rings. The van der Waals surface area contributed by atoms with Crippen LogP contribution >= 0.6 is 15.9 Å². The van der Waals surface area contributed by atoms with Crippen LogP contribution in [0.15, 0.2) is 28.7 Å². The van der Waals surface area contributed by atoms with E-state index in [4.69, 9.17) is 5.73 Å². The normalized spacial score (nSPS) is 19.6. The summed E-state index contributed by atoms with van der Waals surface area (Å²) in [7, 11) is -3.05. The van der Waals surface area contributed by atoms with Gasteiger partial charge in [0.1, 0.15) is 0 Å². The molecule has 1 fully saturated rings. The number of hydrogen-bond donors (Lipinski definition) is 1. The molecule has 5 nitrogen and oxygen atoms in total. The summed E-state index contributed by atoms with van der Waals surface area (Å²) in [6, 6.07) is 8.07. The number of rotatable bonds is 5. The summed E-state index contributed by atoms with van der Waals surface area (Å²) in [6.45, 7) is 3.59. The van der Waals surface area contributed by atoms with Crippen LogP contribution in [0.1, 0.15) is 18.0 Å². The Morgan fingerprint density at radius 3 is 2.52 bits per heavy atom. The smallest absolute Gasteiger partial charge is 0.211 e. The van der Waals surface area contributed by atoms with Crippen LogP contribution in [0.2, 0.25) is 0 Å². The first-order chi connectivity index (χ1) is 9.86. The first-order valence-electron chi connectivity index (χ1n) is 7.05. The van der Waals surface area contributed by atoms with Crippen molar-refractivity contribution in [3.8, 4) is 0 Å². The fourth-order valence-corrected chi connectivity index (χ4v) is 3.75. The van der Waals surface area contributed by atoms with Crippen LogP contribution in [0.4, 0.5) is 0 Å². The topological polar surface area (TPSA) is 66.6 Å². The van der Waals surface area contributed by atoms with Crippen molar-refractivity contribution in [2.24, 2.45) is 5.73 Å². The van der Waals surface area contributed by atoms with Gasteiger partial charge in [0.15, 0.2) is 0 Å². The molecule has 1 aromatic rings. The molecule has 0 saturated carbocycles. The van der Waals surface area contributed by atoms with Gasteiger partial charge in [0.25, 0.3) is 0 Å². The molecule has 118 valence electrons. The lowest BCUT2D eigenvalue weighted by Gasteiger charge is -2.33. The van der Waals surface area contributed by atoms with E-state index in [2.05, 4.69) is 20.8 Å². The van der Waals surface area contributed by atoms with Gasteiger partial charge in [-0.05, 0) is 24.1 Å². The number of hydrogen-bond acceptors (Lipinski definition) is 4. The van der Waals surface area contributed by atoms with E-state index in [0.29, 0.717) is 13.1 Å². The lowest BCUT2D eigenvalue weighted by atomic mass is 10.0. The van der Waals surface area contributed by atoms with Crippen molar-refractivity contribution >= 4 is 26.0 Å². The van der Waals surface area contributed by atoms with E-state index in [1.54, 1.807) is 0 Å². The van der Waals surface area contributed by atoms with Crippen LogP contribution in [0, 0.1) is 0 Å². The van der Waals surface area contributed by atoms with E-state index < -0.39 is 10.0 Å². The molecular formula is C14H22BrN3O2S. The van der Waals surface area contributed by atoms with Gasteiger partial charge >= 0.3 is 0 Å². The van der Waals surface area contributed by atoms with E-state index in [1.165, 1.54) is 10.6 Å². The summed E-state index contributed by atoms with van der Waals surface area (Å²) >= 11 is 3.45. The molecule has 0 radical (unpaired) electrons. The van der Waals surface area contributed by atoms with Crippen molar-refractivity contribution in [1.29, 1.82) is 0 Å². The molecule has 1 unspecified atom stereocenters. The Hall–Kier alpha value is -0.470. The molecule has 2 rings (SSSR count). The average molecular weight is 376 g/mol. The van der Waals surface area contributed by atoms with E-state index >= 15 is 0 Å². The third kappa shape index (κ3) is 5.03. The summed E-state index contributed by atoms with van der Waals surface area (Å²) in [5.41, 5.74) is 7.35. The molecule has 7 heteroatoms. The van der Waals surface area contributed by atoms with Crippen LogP contribution < -0.4 is 5.73 Å². The minimum Gasteiger partial charge on any atom is -0.324 e. The Labute approximate surface area is 135 Å². The molecule has 0 bridgehead atoms. The minimum atomic E-state index is -3.05. The number of halogens is 1. The maximum absolute atomic E-state index is 11.5. The maximum atomic E-state index is 11.5. The SMILES string of the molecule is CS(=O)(=O)N1CCN(CCC(N)c2cccc(Br)c2)CC1. The Bertz CT molecular complexity index is 571. The Kier molecular flexibility index (Phi) is 5.79. The summed E-state index contributed by atoms with van der Waals surface area (Å²) in [6.07, 6.45) is 2.14. The molecule has 1 aliphatic heterocycles. The standard InChI is InChI=1S/C14H22BrN3O2S/c1-21(19,20)18-9-7-17(8-10-18)6-5-14(16)12-3-2-4-13(15)11-12/h2-4,11,14H,5-10,16H2,1H3. The van der Waals surface area contributed by atoms with E-state index in [1.807, 2.05) is 24.3 Å². The Morgan fingerprint density at radius 2 is 1.95 bits per heavy atom. The molecule has 1 atom stereocenters. The second-order valence-electron chi connectivity index (χ2n) is 5.45. The molecular weight excluding hydrogens is 354 g/mol. The second kappa shape index (κ2) is 7.19. The quantitative estimate of drug-likeness (QED) is 0.844. The highest BCUT2D eigenvalue weighted by Gasteiger charge is 2.23. The zero-order valence-corrected chi connectivity index (χ0v) is 14.6. The molecule has 1 heterocycles. The van der Waals surface area contributed by atoms with Gasteiger partial charge in [-0.1, -0.05) is 28.1 Å². The number of nitrogens with two attached hydrogens (primary N) is 1. The van der Waals surface area contributed by atoms with Crippen LogP contribution in [0.25, 0.3) is 0 Å². The number of sulfonamides is 1. The third-order valence-electron chi connectivity index (χ3n) is 3.83. The highest BCUT2D eigenvalue weighted by Crippen LogP contribution is 2.19. The van der Waals surface area contributed by atoms with Gasteiger partial charge in [-0.25, -0.2) is 8.42 Å². The lowest BCUT2D eigenvalue weighted by Crippen LogP contribution is -2.48. The summed E-state index contributed by atoms with van der Waals surface area (Å²) < 4.78 is 25.5. The third-order valence-corrected chi connectivity index (χ3v) is 5.63. The van der Waals surface area contributed by atoms with Crippen LogP contribution in [0.3, 0.4) is 0 Å². The zero-order valence-electron chi connectivity index (χ0n) is 12.2. The summed E-state index contributed by atoms with van der Waals surface area (Å²) in [5, 5.41) is 0. The molecule has 0 aromatic heterocycles. The van der Waals surface area contributed by atoms with Gasteiger partial charge in [0, 0.05) is 43.2 Å². The molecule has 21 heavy (non-hydrogen) atoms. The molecule has 0 aliphatic carbocycles. The molecule has 1 saturated heterocycles. The van der Waals surface area contributed by atoms with Gasteiger partial charge in [-0.15, -0.1) is 0 Å². The number of piperazine rings is 1. The van der Waals surface area contributed by atoms with Gasteiger partial charge in [-0.2, -0.15) is 4.31 Å². The van der Waals surface area contributed by atoms with Crippen molar-refractivity contribution in [1.82, 2.24) is 9.21 Å². The fourth-order valence-electron chi connectivity index (χ4n) is 2.51. The van der Waals surface area contributed by atoms with Crippen molar-refractivity contribution < 1.29 is 8.42 Å². The van der Waals surface area contributed by atoms with Gasteiger partial charge in [0.05, 0.1) is 6.26 Å². The molecule has 0 spiro atoms. The van der Waals surface area contributed by atoms with Crippen molar-refractivity contribution in [3.63, 3.8) is 0 Å². The largest absolute Gasteiger partial charge is 0.324 e. The van der Waals surface area contributed by atoms with E-state index in [-0.39, 0.29) is 6.04 Å². The maximum Gasteiger partial charge on any atom is 0.211 e. The molecule has 0 amide bonds. The predicted molar refractivity (Wildman–Crippen MR) is 88.5 cm³/mol. The Morgan fingerprint density at radius 1 is 1.29 bits per heavy atom. The van der Waals surface area contributed by atoms with Crippen LogP contribution in [-0.4, -0.2) is 56.6 Å². The average Bonchev–Trinajstić information content (AvgIpc) is 2.44. The highest BCUT2D eigenvalue weighted by atomic mass is 79.9. The number of benzene rings is 1. The van der Waals surface area contributed by atoms with Gasteiger partial charge in [0.2, 0.25) is 10.0 Å². The zero-order chi connectivity index (χ0) is 15.5. The summed E-state index contributed by atoms with van der Waals surface area (Å²) in [4.78, 5) is 2.28. The lowest BCUT2D eigenvalue weighted by molar-refractivity contribution is 0.184. The first kappa shape index (κ1) is 16.9. The fraction of sp³-hybridized carbons (Fsp3) is 0.571. The summed E-state index contributed by atoms with van der Waals surface area (Å²) in [5.74, 6) is 0. The van der Waals surface area contributed by atoms with Gasteiger partial charge < -0.3 is 10.6 Å². The van der Waals surface area contributed by atoms with E-state index in [0.717, 1.165) is 36.1 Å². The van der Waals surface area contributed by atoms with Gasteiger partial charge in [-0.3, -0.25) is 0 Å². The second-order valence-corrected chi connectivity index (χ2v) is 8.35. The Balaban J connectivity index is 1.80.